The fourth-order valence-electron chi connectivity index (χ4n) is 1.15. The Balaban J connectivity index is 2.73. The van der Waals surface area contributed by atoms with Gasteiger partial charge in [-0.15, -0.1) is 11.3 Å². The van der Waals surface area contributed by atoms with Gasteiger partial charge in [-0.05, 0) is 35.6 Å². The predicted octanol–water partition coefficient (Wildman–Crippen LogP) is 1.99. The van der Waals surface area contributed by atoms with Crippen LogP contribution in [-0.2, 0) is 9.53 Å². The molecule has 4 nitrogen and oxygen atoms in total. The minimum atomic E-state index is -0.403. The highest BCUT2D eigenvalue weighted by atomic mass is 127. The number of likely N-dealkylation sites (N-methyl/N-ethyl adjacent to an activating group) is 1. The lowest BCUT2D eigenvalue weighted by atomic mass is 10.3. The number of rotatable bonds is 4. The predicted molar refractivity (Wildman–Crippen MR) is 70.6 cm³/mol. The zero-order valence-electron chi connectivity index (χ0n) is 9.03. The van der Waals surface area contributed by atoms with Crippen LogP contribution in [0, 0.1) is 2.88 Å². The van der Waals surface area contributed by atoms with Gasteiger partial charge in [0.25, 0.3) is 5.91 Å². The summed E-state index contributed by atoms with van der Waals surface area (Å²) in [7, 11) is 1.31. The summed E-state index contributed by atoms with van der Waals surface area (Å²) in [5, 5.41) is 1.80. The van der Waals surface area contributed by atoms with E-state index in [1.165, 1.54) is 23.3 Å². The van der Waals surface area contributed by atoms with Crippen molar-refractivity contribution in [3.05, 3.63) is 19.9 Å². The molecule has 1 aromatic heterocycles. The van der Waals surface area contributed by atoms with Gasteiger partial charge in [0.15, 0.2) is 0 Å². The smallest absolute Gasteiger partial charge is 0.325 e. The van der Waals surface area contributed by atoms with Gasteiger partial charge in [0, 0.05) is 11.9 Å². The van der Waals surface area contributed by atoms with Crippen LogP contribution in [0.2, 0.25) is 0 Å². The van der Waals surface area contributed by atoms with E-state index in [0.717, 1.165) is 2.88 Å². The number of carbonyl (C=O) groups excluding carboxylic acids is 2. The summed E-state index contributed by atoms with van der Waals surface area (Å²) in [5.74, 6) is -0.535. The first kappa shape index (κ1) is 13.4. The van der Waals surface area contributed by atoms with Gasteiger partial charge in [-0.3, -0.25) is 9.59 Å². The minimum Gasteiger partial charge on any atom is -0.468 e. The third kappa shape index (κ3) is 3.44. The van der Waals surface area contributed by atoms with E-state index in [2.05, 4.69) is 27.3 Å². The van der Waals surface area contributed by atoms with Gasteiger partial charge < -0.3 is 9.64 Å². The lowest BCUT2D eigenvalue weighted by molar-refractivity contribution is -0.141. The van der Waals surface area contributed by atoms with E-state index in [1.807, 2.05) is 13.0 Å². The van der Waals surface area contributed by atoms with Crippen LogP contribution >= 0.6 is 33.9 Å². The third-order valence-electron chi connectivity index (χ3n) is 2.03. The van der Waals surface area contributed by atoms with Gasteiger partial charge in [0.1, 0.15) is 6.54 Å². The zero-order valence-corrected chi connectivity index (χ0v) is 12.0. The highest BCUT2D eigenvalue weighted by Crippen LogP contribution is 2.18. The average Bonchev–Trinajstić information content (AvgIpc) is 2.71. The van der Waals surface area contributed by atoms with E-state index in [9.17, 15) is 9.59 Å². The molecule has 0 bridgehead atoms. The maximum atomic E-state index is 12.0. The molecule has 0 atom stereocenters. The lowest BCUT2D eigenvalue weighted by Crippen LogP contribution is -2.35. The number of thiophene rings is 1. The van der Waals surface area contributed by atoms with Gasteiger partial charge in [-0.25, -0.2) is 0 Å². The Kier molecular flexibility index (Phi) is 5.20. The second-order valence-corrected chi connectivity index (χ2v) is 5.84. The highest BCUT2D eigenvalue weighted by molar-refractivity contribution is 14.1. The van der Waals surface area contributed by atoms with Crippen molar-refractivity contribution >= 4 is 45.8 Å². The standard InChI is InChI=1S/C10H12INO3S/c1-3-12(5-9(13)15-2)10(14)7-4-8(11)16-6-7/h4,6H,3,5H2,1-2H3. The highest BCUT2D eigenvalue weighted by Gasteiger charge is 2.18. The molecule has 0 aromatic carbocycles. The van der Waals surface area contributed by atoms with Crippen LogP contribution in [0.4, 0.5) is 0 Å². The van der Waals surface area contributed by atoms with Crippen molar-refractivity contribution in [1.82, 2.24) is 4.90 Å². The molecule has 0 aliphatic heterocycles. The first-order valence-corrected chi connectivity index (χ1v) is 6.64. The molecule has 1 aromatic rings. The maximum Gasteiger partial charge on any atom is 0.325 e. The molecule has 0 saturated heterocycles. The molecule has 0 saturated carbocycles. The molecule has 6 heteroatoms. The Morgan fingerprint density at radius 1 is 1.56 bits per heavy atom. The molecule has 0 N–H and O–H groups in total. The molecular weight excluding hydrogens is 341 g/mol. The van der Waals surface area contributed by atoms with Crippen molar-refractivity contribution in [3.63, 3.8) is 0 Å². The Morgan fingerprint density at radius 2 is 2.25 bits per heavy atom. The summed E-state index contributed by atoms with van der Waals surface area (Å²) in [6.07, 6.45) is 0. The summed E-state index contributed by atoms with van der Waals surface area (Å²) >= 11 is 3.67. The monoisotopic (exact) mass is 353 g/mol. The van der Waals surface area contributed by atoms with E-state index in [0.29, 0.717) is 12.1 Å². The van der Waals surface area contributed by atoms with E-state index < -0.39 is 5.97 Å². The SMILES string of the molecule is CCN(CC(=O)OC)C(=O)c1csc(I)c1. The number of nitrogens with zero attached hydrogens (tertiary/aromatic N) is 1. The largest absolute Gasteiger partial charge is 0.468 e. The maximum absolute atomic E-state index is 12.0. The molecule has 0 unspecified atom stereocenters. The Morgan fingerprint density at radius 3 is 2.69 bits per heavy atom. The number of carbonyl (C=O) groups is 2. The number of hydrogen-bond acceptors (Lipinski definition) is 4. The van der Waals surface area contributed by atoms with Crippen molar-refractivity contribution < 1.29 is 14.3 Å². The normalized spacial score (nSPS) is 9.94. The van der Waals surface area contributed by atoms with Crippen molar-refractivity contribution in [3.8, 4) is 0 Å². The number of ether oxygens (including phenoxy) is 1. The Hall–Kier alpha value is -0.630. The van der Waals surface area contributed by atoms with Crippen LogP contribution in [0.25, 0.3) is 0 Å². The molecule has 0 spiro atoms. The van der Waals surface area contributed by atoms with E-state index in [-0.39, 0.29) is 12.5 Å². The van der Waals surface area contributed by atoms with Crippen LogP contribution < -0.4 is 0 Å². The van der Waals surface area contributed by atoms with Crippen molar-refractivity contribution in [2.24, 2.45) is 0 Å². The average molecular weight is 353 g/mol. The summed E-state index contributed by atoms with van der Waals surface area (Å²) in [6.45, 7) is 2.32. The molecule has 1 heterocycles. The van der Waals surface area contributed by atoms with Crippen LogP contribution in [0.1, 0.15) is 17.3 Å². The fraction of sp³-hybridized carbons (Fsp3) is 0.400. The third-order valence-corrected chi connectivity index (χ3v) is 3.82. The van der Waals surface area contributed by atoms with Crippen LogP contribution in [0.5, 0.6) is 0 Å². The Bertz CT molecular complexity index is 391. The van der Waals surface area contributed by atoms with Gasteiger partial charge in [0.2, 0.25) is 0 Å². The second kappa shape index (κ2) is 6.19. The first-order chi connectivity index (χ1) is 7.58. The molecule has 0 aliphatic carbocycles. The topological polar surface area (TPSA) is 46.6 Å². The van der Waals surface area contributed by atoms with Gasteiger partial charge in [-0.1, -0.05) is 0 Å². The summed E-state index contributed by atoms with van der Waals surface area (Å²) in [5.41, 5.74) is 0.625. The summed E-state index contributed by atoms with van der Waals surface area (Å²) < 4.78 is 5.59. The number of methoxy groups -OCH3 is 1. The number of halogens is 1. The number of esters is 1. The number of amides is 1. The van der Waals surface area contributed by atoms with Gasteiger partial charge in [0.05, 0.1) is 15.6 Å². The van der Waals surface area contributed by atoms with E-state index >= 15 is 0 Å². The van der Waals surface area contributed by atoms with Gasteiger partial charge >= 0.3 is 5.97 Å². The van der Waals surface area contributed by atoms with E-state index in [1.54, 1.807) is 5.38 Å². The zero-order chi connectivity index (χ0) is 12.1. The van der Waals surface area contributed by atoms with Crippen LogP contribution in [0.15, 0.2) is 11.4 Å². The molecule has 16 heavy (non-hydrogen) atoms. The van der Waals surface area contributed by atoms with Crippen LogP contribution in [0.3, 0.4) is 0 Å². The lowest BCUT2D eigenvalue weighted by Gasteiger charge is -2.18. The molecule has 0 aliphatic rings. The Labute approximate surface area is 112 Å². The molecule has 88 valence electrons. The van der Waals surface area contributed by atoms with Crippen molar-refractivity contribution in [2.75, 3.05) is 20.2 Å². The quantitative estimate of drug-likeness (QED) is 0.614. The molecule has 0 fully saturated rings. The second-order valence-electron chi connectivity index (χ2n) is 3.03. The van der Waals surface area contributed by atoms with E-state index in [4.69, 9.17) is 0 Å². The minimum absolute atomic E-state index is 0.00173. The van der Waals surface area contributed by atoms with Crippen molar-refractivity contribution in [2.45, 2.75) is 6.92 Å². The van der Waals surface area contributed by atoms with Gasteiger partial charge in [-0.2, -0.15) is 0 Å². The molecule has 1 rings (SSSR count). The summed E-state index contributed by atoms with van der Waals surface area (Å²) in [4.78, 5) is 24.5. The fourth-order valence-corrected chi connectivity index (χ4v) is 2.47. The van der Waals surface area contributed by atoms with Crippen molar-refractivity contribution in [1.29, 1.82) is 0 Å². The molecule has 1 amide bonds. The first-order valence-electron chi connectivity index (χ1n) is 4.68. The summed E-state index contributed by atoms with van der Waals surface area (Å²) in [6, 6.07) is 1.81. The molecule has 0 radical (unpaired) electrons. The number of hydrogen-bond donors (Lipinski definition) is 0. The van der Waals surface area contributed by atoms with Crippen LogP contribution in [-0.4, -0.2) is 37.0 Å². The molecular formula is C10H12INO3S.